The van der Waals surface area contributed by atoms with Gasteiger partial charge in [-0.1, -0.05) is 24.3 Å². The maximum Gasteiger partial charge on any atom is 0.0211 e. The second-order valence-corrected chi connectivity index (χ2v) is 3.84. The molecule has 1 N–H and O–H groups in total. The SMILES string of the molecule is C1=C(c2ccc3c(c2)CC3)CNC1. The van der Waals surface area contributed by atoms with Crippen molar-refractivity contribution in [3.63, 3.8) is 0 Å². The van der Waals surface area contributed by atoms with Gasteiger partial charge in [0.2, 0.25) is 0 Å². The largest absolute Gasteiger partial charge is 0.309 e. The highest BCUT2D eigenvalue weighted by atomic mass is 14.9. The molecular weight excluding hydrogens is 158 g/mol. The molecule has 0 spiro atoms. The van der Waals surface area contributed by atoms with Crippen LogP contribution in [-0.4, -0.2) is 13.1 Å². The molecule has 0 atom stereocenters. The number of aryl methyl sites for hydroxylation is 2. The molecule has 0 saturated heterocycles. The average Bonchev–Trinajstić information content (AvgIpc) is 2.59. The van der Waals surface area contributed by atoms with Crippen LogP contribution in [0.3, 0.4) is 0 Å². The third-order valence-corrected chi connectivity index (χ3v) is 3.05. The molecule has 0 unspecified atom stereocenters. The number of rotatable bonds is 1. The zero-order chi connectivity index (χ0) is 8.67. The van der Waals surface area contributed by atoms with E-state index in [-0.39, 0.29) is 0 Å². The van der Waals surface area contributed by atoms with Crippen molar-refractivity contribution >= 4 is 5.57 Å². The molecule has 1 heterocycles. The van der Waals surface area contributed by atoms with Crippen LogP contribution < -0.4 is 5.32 Å². The van der Waals surface area contributed by atoms with Crippen LogP contribution in [0.25, 0.3) is 5.57 Å². The first-order valence-electron chi connectivity index (χ1n) is 4.95. The lowest BCUT2D eigenvalue weighted by atomic mass is 9.86. The summed E-state index contributed by atoms with van der Waals surface area (Å²) in [5.74, 6) is 0. The molecular formula is C12H13N. The first kappa shape index (κ1) is 7.34. The highest BCUT2D eigenvalue weighted by Gasteiger charge is 2.14. The summed E-state index contributed by atoms with van der Waals surface area (Å²) in [5.41, 5.74) is 6.00. The summed E-state index contributed by atoms with van der Waals surface area (Å²) < 4.78 is 0. The van der Waals surface area contributed by atoms with Gasteiger partial charge >= 0.3 is 0 Å². The lowest BCUT2D eigenvalue weighted by molar-refractivity contribution is 0.837. The van der Waals surface area contributed by atoms with Gasteiger partial charge in [-0.05, 0) is 35.1 Å². The monoisotopic (exact) mass is 171 g/mol. The Bertz CT molecular complexity index is 377. The Kier molecular flexibility index (Phi) is 1.53. The van der Waals surface area contributed by atoms with Crippen molar-refractivity contribution in [2.75, 3.05) is 13.1 Å². The summed E-state index contributed by atoms with van der Waals surface area (Å²) >= 11 is 0. The van der Waals surface area contributed by atoms with E-state index in [1.807, 2.05) is 0 Å². The van der Waals surface area contributed by atoms with E-state index in [0.29, 0.717) is 0 Å². The zero-order valence-electron chi connectivity index (χ0n) is 7.64. The standard InChI is InChI=1S/C12H13N/c1-3-10-7-11(4-2-9(1)10)12-5-6-13-8-12/h2,4-5,7,13H,1,3,6,8H2. The second kappa shape index (κ2) is 2.71. The van der Waals surface area contributed by atoms with Gasteiger partial charge in [0.05, 0.1) is 0 Å². The van der Waals surface area contributed by atoms with Crippen LogP contribution in [-0.2, 0) is 12.8 Å². The van der Waals surface area contributed by atoms with Gasteiger partial charge in [0, 0.05) is 13.1 Å². The number of benzene rings is 1. The topological polar surface area (TPSA) is 12.0 Å². The number of hydrogen-bond acceptors (Lipinski definition) is 1. The highest BCUT2D eigenvalue weighted by Crippen LogP contribution is 2.27. The maximum atomic E-state index is 3.33. The lowest BCUT2D eigenvalue weighted by Gasteiger charge is -2.19. The quantitative estimate of drug-likeness (QED) is 0.679. The van der Waals surface area contributed by atoms with Crippen molar-refractivity contribution < 1.29 is 0 Å². The summed E-state index contributed by atoms with van der Waals surface area (Å²) in [4.78, 5) is 0. The van der Waals surface area contributed by atoms with E-state index in [4.69, 9.17) is 0 Å². The van der Waals surface area contributed by atoms with Crippen LogP contribution in [0.15, 0.2) is 24.3 Å². The van der Waals surface area contributed by atoms with E-state index in [9.17, 15) is 0 Å². The van der Waals surface area contributed by atoms with Crippen molar-refractivity contribution in [3.8, 4) is 0 Å². The number of fused-ring (bicyclic) bond motifs is 1. The van der Waals surface area contributed by atoms with E-state index in [1.54, 1.807) is 11.1 Å². The Morgan fingerprint density at radius 1 is 1.08 bits per heavy atom. The molecule has 1 nitrogen and oxygen atoms in total. The predicted molar refractivity (Wildman–Crippen MR) is 54.7 cm³/mol. The molecule has 3 rings (SSSR count). The second-order valence-electron chi connectivity index (χ2n) is 3.84. The van der Waals surface area contributed by atoms with Gasteiger partial charge in [0.1, 0.15) is 0 Å². The highest BCUT2D eigenvalue weighted by molar-refractivity contribution is 5.70. The molecule has 0 radical (unpaired) electrons. The molecule has 0 bridgehead atoms. The molecule has 0 saturated carbocycles. The van der Waals surface area contributed by atoms with Crippen LogP contribution in [0.4, 0.5) is 0 Å². The minimum atomic E-state index is 1.03. The van der Waals surface area contributed by atoms with Crippen LogP contribution in [0, 0.1) is 0 Å². The van der Waals surface area contributed by atoms with Gasteiger partial charge in [0.15, 0.2) is 0 Å². The van der Waals surface area contributed by atoms with Gasteiger partial charge in [-0.2, -0.15) is 0 Å². The van der Waals surface area contributed by atoms with Crippen LogP contribution in [0.1, 0.15) is 16.7 Å². The van der Waals surface area contributed by atoms with E-state index >= 15 is 0 Å². The molecule has 1 aliphatic carbocycles. The fraction of sp³-hybridized carbons (Fsp3) is 0.333. The molecule has 0 fully saturated rings. The van der Waals surface area contributed by atoms with E-state index < -0.39 is 0 Å². The number of hydrogen-bond donors (Lipinski definition) is 1. The van der Waals surface area contributed by atoms with Crippen LogP contribution in [0.2, 0.25) is 0 Å². The van der Waals surface area contributed by atoms with Crippen molar-refractivity contribution in [2.24, 2.45) is 0 Å². The Balaban J connectivity index is 2.00. The average molecular weight is 171 g/mol. The number of nitrogens with one attached hydrogen (secondary N) is 1. The molecule has 0 aromatic heterocycles. The normalized spacial score (nSPS) is 19.2. The van der Waals surface area contributed by atoms with Gasteiger partial charge in [0.25, 0.3) is 0 Å². The molecule has 0 amide bonds. The van der Waals surface area contributed by atoms with E-state index in [0.717, 1.165) is 13.1 Å². The van der Waals surface area contributed by atoms with Gasteiger partial charge in [-0.15, -0.1) is 0 Å². The van der Waals surface area contributed by atoms with E-state index in [2.05, 4.69) is 29.6 Å². The molecule has 66 valence electrons. The fourth-order valence-electron chi connectivity index (χ4n) is 2.09. The van der Waals surface area contributed by atoms with Crippen molar-refractivity contribution in [1.82, 2.24) is 5.32 Å². The zero-order valence-corrected chi connectivity index (χ0v) is 7.64. The summed E-state index contributed by atoms with van der Waals surface area (Å²) in [7, 11) is 0. The Morgan fingerprint density at radius 3 is 2.62 bits per heavy atom. The van der Waals surface area contributed by atoms with Crippen molar-refractivity contribution in [1.29, 1.82) is 0 Å². The van der Waals surface area contributed by atoms with Gasteiger partial charge in [-0.3, -0.25) is 0 Å². The molecule has 1 aliphatic heterocycles. The first-order valence-corrected chi connectivity index (χ1v) is 4.95. The van der Waals surface area contributed by atoms with Gasteiger partial charge < -0.3 is 5.32 Å². The smallest absolute Gasteiger partial charge is 0.0211 e. The predicted octanol–water partition coefficient (Wildman–Crippen LogP) is 1.77. The summed E-state index contributed by atoms with van der Waals surface area (Å²) in [6, 6.07) is 6.90. The lowest BCUT2D eigenvalue weighted by Crippen LogP contribution is -2.10. The Morgan fingerprint density at radius 2 is 2.00 bits per heavy atom. The summed E-state index contributed by atoms with van der Waals surface area (Å²) in [5, 5.41) is 3.33. The molecule has 13 heavy (non-hydrogen) atoms. The van der Waals surface area contributed by atoms with Crippen LogP contribution in [0.5, 0.6) is 0 Å². The minimum Gasteiger partial charge on any atom is -0.309 e. The Hall–Kier alpha value is -1.08. The van der Waals surface area contributed by atoms with Crippen molar-refractivity contribution in [3.05, 3.63) is 41.0 Å². The first-order chi connectivity index (χ1) is 6.43. The molecule has 1 heteroatoms. The maximum absolute atomic E-state index is 3.33. The minimum absolute atomic E-state index is 1.03. The summed E-state index contributed by atoms with van der Waals surface area (Å²) in [6.07, 6.45) is 4.86. The molecule has 1 aromatic carbocycles. The third-order valence-electron chi connectivity index (χ3n) is 3.05. The summed E-state index contributed by atoms with van der Waals surface area (Å²) in [6.45, 7) is 2.07. The third kappa shape index (κ3) is 1.11. The Labute approximate surface area is 78.5 Å². The van der Waals surface area contributed by atoms with Crippen LogP contribution >= 0.6 is 0 Å². The fourth-order valence-corrected chi connectivity index (χ4v) is 2.09. The molecule has 2 aliphatic rings. The molecule has 1 aromatic rings. The van der Waals surface area contributed by atoms with E-state index in [1.165, 1.54) is 24.0 Å². The van der Waals surface area contributed by atoms with Gasteiger partial charge in [-0.25, -0.2) is 0 Å². The van der Waals surface area contributed by atoms with Crippen molar-refractivity contribution in [2.45, 2.75) is 12.8 Å².